The van der Waals surface area contributed by atoms with Crippen LogP contribution in [0.15, 0.2) is 4.99 Å². The van der Waals surface area contributed by atoms with E-state index in [1.54, 1.807) is 4.90 Å². The second-order valence-electron chi connectivity index (χ2n) is 8.46. The molecule has 1 amide bonds. The highest BCUT2D eigenvalue weighted by atomic mass is 16.6. The molecule has 0 aromatic heterocycles. The van der Waals surface area contributed by atoms with E-state index in [4.69, 9.17) is 14.5 Å². The summed E-state index contributed by atoms with van der Waals surface area (Å²) in [5.74, 6) is 0.805. The molecule has 2 rings (SSSR count). The summed E-state index contributed by atoms with van der Waals surface area (Å²) in [6.07, 6.45) is -0.252. The standard InChI is InChI=1S/C19H37N5O3/c1-7-20-17(21-10-14(2)24-8-9-26-13-15(24)3)22-16-11-23(12-16)18(25)27-19(4,5)6/h14-16H,7-13H2,1-6H3,(H2,20,21,22). The first-order valence-electron chi connectivity index (χ1n) is 10.1. The average Bonchev–Trinajstić information content (AvgIpc) is 2.53. The zero-order valence-corrected chi connectivity index (χ0v) is 17.7. The van der Waals surface area contributed by atoms with Gasteiger partial charge in [-0.2, -0.15) is 0 Å². The molecule has 0 aromatic carbocycles. The highest BCUT2D eigenvalue weighted by molar-refractivity contribution is 5.80. The van der Waals surface area contributed by atoms with Crippen LogP contribution in [-0.2, 0) is 9.47 Å². The van der Waals surface area contributed by atoms with Crippen molar-refractivity contribution in [3.05, 3.63) is 0 Å². The van der Waals surface area contributed by atoms with Crippen LogP contribution < -0.4 is 10.6 Å². The van der Waals surface area contributed by atoms with E-state index in [1.807, 2.05) is 20.8 Å². The molecule has 0 radical (unpaired) electrons. The van der Waals surface area contributed by atoms with Gasteiger partial charge >= 0.3 is 6.09 Å². The largest absolute Gasteiger partial charge is 0.444 e. The van der Waals surface area contributed by atoms with E-state index in [0.717, 1.165) is 38.8 Å². The van der Waals surface area contributed by atoms with E-state index in [-0.39, 0.29) is 12.1 Å². The van der Waals surface area contributed by atoms with Crippen LogP contribution in [-0.4, -0.2) is 91.5 Å². The first kappa shape index (κ1) is 21.8. The van der Waals surface area contributed by atoms with Gasteiger partial charge < -0.3 is 25.0 Å². The van der Waals surface area contributed by atoms with Gasteiger partial charge in [-0.25, -0.2) is 4.79 Å². The molecule has 2 fully saturated rings. The SMILES string of the molecule is CCNC(=NCC(C)N1CCOCC1C)NC1CN(C(=O)OC(C)(C)C)C1. The molecule has 8 nitrogen and oxygen atoms in total. The molecule has 2 aliphatic heterocycles. The minimum absolute atomic E-state index is 0.202. The van der Waals surface area contributed by atoms with Gasteiger partial charge in [-0.15, -0.1) is 0 Å². The van der Waals surface area contributed by atoms with Gasteiger partial charge in [0.25, 0.3) is 0 Å². The molecule has 2 aliphatic rings. The highest BCUT2D eigenvalue weighted by Crippen LogP contribution is 2.15. The summed E-state index contributed by atoms with van der Waals surface area (Å²) in [7, 11) is 0. The van der Waals surface area contributed by atoms with Crippen molar-refractivity contribution in [1.29, 1.82) is 0 Å². The maximum Gasteiger partial charge on any atom is 0.410 e. The molecule has 0 saturated carbocycles. The molecular formula is C19H37N5O3. The van der Waals surface area contributed by atoms with Crippen LogP contribution in [0.3, 0.4) is 0 Å². The van der Waals surface area contributed by atoms with E-state index in [9.17, 15) is 4.79 Å². The summed E-state index contributed by atoms with van der Waals surface area (Å²) < 4.78 is 10.9. The lowest BCUT2D eigenvalue weighted by atomic mass is 10.1. The number of hydrogen-bond donors (Lipinski definition) is 2. The Morgan fingerprint density at radius 3 is 2.67 bits per heavy atom. The number of nitrogens with zero attached hydrogens (tertiary/aromatic N) is 3. The summed E-state index contributed by atoms with van der Waals surface area (Å²) in [5, 5.41) is 6.71. The van der Waals surface area contributed by atoms with Crippen molar-refractivity contribution in [2.75, 3.05) is 45.9 Å². The predicted octanol–water partition coefficient (Wildman–Crippen LogP) is 1.27. The molecule has 2 unspecified atom stereocenters. The zero-order chi connectivity index (χ0) is 20.0. The summed E-state index contributed by atoms with van der Waals surface area (Å²) in [6.45, 7) is 17.4. The summed E-state index contributed by atoms with van der Waals surface area (Å²) in [5.41, 5.74) is -0.460. The Bertz CT molecular complexity index is 514. The van der Waals surface area contributed by atoms with Gasteiger partial charge in [0.2, 0.25) is 0 Å². The Kier molecular flexibility index (Phi) is 7.73. The van der Waals surface area contributed by atoms with Crippen molar-refractivity contribution in [2.45, 2.75) is 65.3 Å². The molecule has 8 heteroatoms. The van der Waals surface area contributed by atoms with Crippen LogP contribution in [0.2, 0.25) is 0 Å². The molecule has 156 valence electrons. The second kappa shape index (κ2) is 9.59. The summed E-state index contributed by atoms with van der Waals surface area (Å²) in [4.78, 5) is 20.9. The summed E-state index contributed by atoms with van der Waals surface area (Å²) in [6, 6.07) is 0.987. The minimum Gasteiger partial charge on any atom is -0.444 e. The molecule has 0 spiro atoms. The van der Waals surface area contributed by atoms with Crippen LogP contribution >= 0.6 is 0 Å². The Balaban J connectivity index is 1.80. The highest BCUT2D eigenvalue weighted by Gasteiger charge is 2.34. The fourth-order valence-corrected chi connectivity index (χ4v) is 3.28. The third-order valence-corrected chi connectivity index (χ3v) is 4.72. The Labute approximate surface area is 163 Å². The number of hydrogen-bond acceptors (Lipinski definition) is 5. The van der Waals surface area contributed by atoms with E-state index < -0.39 is 5.60 Å². The smallest absolute Gasteiger partial charge is 0.410 e. The number of ether oxygens (including phenoxy) is 2. The number of rotatable bonds is 5. The molecule has 0 bridgehead atoms. The number of likely N-dealkylation sites (tertiary alicyclic amines) is 1. The fraction of sp³-hybridized carbons (Fsp3) is 0.895. The Hall–Kier alpha value is -1.54. The van der Waals surface area contributed by atoms with Crippen molar-refractivity contribution in [3.63, 3.8) is 0 Å². The Morgan fingerprint density at radius 2 is 2.07 bits per heavy atom. The van der Waals surface area contributed by atoms with Gasteiger partial charge in [0, 0.05) is 38.3 Å². The maximum absolute atomic E-state index is 12.0. The minimum atomic E-state index is -0.460. The number of morpholine rings is 1. The average molecular weight is 384 g/mol. The Morgan fingerprint density at radius 1 is 1.37 bits per heavy atom. The zero-order valence-electron chi connectivity index (χ0n) is 17.7. The van der Waals surface area contributed by atoms with Gasteiger partial charge in [0.15, 0.2) is 5.96 Å². The summed E-state index contributed by atoms with van der Waals surface area (Å²) >= 11 is 0. The second-order valence-corrected chi connectivity index (χ2v) is 8.46. The van der Waals surface area contributed by atoms with Crippen molar-refractivity contribution in [3.8, 4) is 0 Å². The van der Waals surface area contributed by atoms with Crippen LogP contribution in [0, 0.1) is 0 Å². The van der Waals surface area contributed by atoms with Gasteiger partial charge in [-0.3, -0.25) is 9.89 Å². The molecule has 27 heavy (non-hydrogen) atoms. The molecule has 0 aliphatic carbocycles. The van der Waals surface area contributed by atoms with Crippen LogP contribution in [0.5, 0.6) is 0 Å². The van der Waals surface area contributed by atoms with Gasteiger partial charge in [0.05, 0.1) is 25.8 Å². The van der Waals surface area contributed by atoms with Crippen LogP contribution in [0.25, 0.3) is 0 Å². The molecular weight excluding hydrogens is 346 g/mol. The number of nitrogens with one attached hydrogen (secondary N) is 2. The van der Waals surface area contributed by atoms with Crippen molar-refractivity contribution >= 4 is 12.1 Å². The first-order valence-corrected chi connectivity index (χ1v) is 10.1. The van der Waals surface area contributed by atoms with Gasteiger partial charge in [-0.1, -0.05) is 0 Å². The lowest BCUT2D eigenvalue weighted by Crippen LogP contribution is -2.63. The number of guanidine groups is 1. The van der Waals surface area contributed by atoms with Gasteiger partial charge in [0.1, 0.15) is 5.60 Å². The molecule has 2 atom stereocenters. The van der Waals surface area contributed by atoms with Crippen LogP contribution in [0.4, 0.5) is 4.79 Å². The number of amides is 1. The molecule has 2 saturated heterocycles. The van der Waals surface area contributed by atoms with Crippen molar-refractivity contribution < 1.29 is 14.3 Å². The molecule has 2 heterocycles. The monoisotopic (exact) mass is 383 g/mol. The molecule has 2 N–H and O–H groups in total. The number of aliphatic imine (C=N–C) groups is 1. The van der Waals surface area contributed by atoms with E-state index in [1.165, 1.54) is 0 Å². The quantitative estimate of drug-likeness (QED) is 0.550. The fourth-order valence-electron chi connectivity index (χ4n) is 3.28. The van der Waals surface area contributed by atoms with Crippen molar-refractivity contribution in [2.24, 2.45) is 4.99 Å². The van der Waals surface area contributed by atoms with Gasteiger partial charge in [-0.05, 0) is 41.5 Å². The topological polar surface area (TPSA) is 78.4 Å². The third-order valence-electron chi connectivity index (χ3n) is 4.72. The third kappa shape index (κ3) is 6.84. The maximum atomic E-state index is 12.0. The lowest BCUT2D eigenvalue weighted by molar-refractivity contribution is -0.0166. The normalized spacial score (nSPS) is 23.6. The number of carbonyl (C=O) groups is 1. The van der Waals surface area contributed by atoms with Crippen molar-refractivity contribution in [1.82, 2.24) is 20.4 Å². The van der Waals surface area contributed by atoms with E-state index in [0.29, 0.717) is 25.2 Å². The molecule has 0 aromatic rings. The van der Waals surface area contributed by atoms with E-state index in [2.05, 4.69) is 36.3 Å². The van der Waals surface area contributed by atoms with Crippen LogP contribution in [0.1, 0.15) is 41.5 Å². The lowest BCUT2D eigenvalue weighted by Gasteiger charge is -2.40. The predicted molar refractivity (Wildman–Crippen MR) is 107 cm³/mol. The van der Waals surface area contributed by atoms with E-state index >= 15 is 0 Å². The number of carbonyl (C=O) groups excluding carboxylic acids is 1. The first-order chi connectivity index (χ1) is 12.7.